The Morgan fingerprint density at radius 3 is 2.54 bits per heavy atom. The molecule has 0 bridgehead atoms. The fraction of sp³-hybridized carbons (Fsp3) is 0.125. The number of benzene rings is 1. The van der Waals surface area contributed by atoms with Crippen LogP contribution in [0.3, 0.4) is 0 Å². The van der Waals surface area contributed by atoms with Gasteiger partial charge in [0.15, 0.2) is 0 Å². The lowest BCUT2D eigenvalue weighted by molar-refractivity contribution is 0.0830. The van der Waals surface area contributed by atoms with Gasteiger partial charge in [0, 0.05) is 5.56 Å². The van der Waals surface area contributed by atoms with Crippen LogP contribution >= 0.6 is 0 Å². The molecule has 0 aliphatic carbocycles. The number of hydrogen-bond donors (Lipinski definition) is 1. The van der Waals surface area contributed by atoms with E-state index in [9.17, 15) is 9.70 Å². The summed E-state index contributed by atoms with van der Waals surface area (Å²) in [7, 11) is 1.36. The molecule has 5 heteroatoms. The maximum Gasteiger partial charge on any atom is 0.271 e. The molecule has 0 saturated carbocycles. The first kappa shape index (κ1) is 9.18. The molecule has 0 aromatic heterocycles. The summed E-state index contributed by atoms with van der Waals surface area (Å²) in [6, 6.07) is 8.58. The van der Waals surface area contributed by atoms with Crippen LogP contribution < -0.4 is 5.43 Å². The third-order valence-corrected chi connectivity index (χ3v) is 1.42. The summed E-state index contributed by atoms with van der Waals surface area (Å²) < 4.78 is 0. The first-order valence-electron chi connectivity index (χ1n) is 3.67. The molecule has 1 aromatic carbocycles. The largest absolute Gasteiger partial charge is 0.271 e. The smallest absolute Gasteiger partial charge is 0.267 e. The van der Waals surface area contributed by atoms with Crippen molar-refractivity contribution in [3.63, 3.8) is 0 Å². The van der Waals surface area contributed by atoms with Crippen LogP contribution in [-0.2, 0) is 0 Å². The van der Waals surface area contributed by atoms with E-state index >= 15 is 0 Å². The maximum atomic E-state index is 11.3. The molecule has 0 spiro atoms. The lowest BCUT2D eigenvalue weighted by Crippen LogP contribution is -2.35. The highest BCUT2D eigenvalue weighted by molar-refractivity contribution is 5.93. The fourth-order valence-electron chi connectivity index (χ4n) is 0.821. The van der Waals surface area contributed by atoms with Gasteiger partial charge in [-0.3, -0.25) is 4.79 Å². The molecule has 0 radical (unpaired) electrons. The van der Waals surface area contributed by atoms with Crippen LogP contribution in [-0.4, -0.2) is 18.1 Å². The van der Waals surface area contributed by atoms with E-state index < -0.39 is 0 Å². The van der Waals surface area contributed by atoms with Gasteiger partial charge in [0.05, 0.1) is 12.3 Å². The third-order valence-electron chi connectivity index (χ3n) is 1.42. The van der Waals surface area contributed by atoms with Gasteiger partial charge in [0.2, 0.25) is 0 Å². The van der Waals surface area contributed by atoms with E-state index in [0.29, 0.717) is 5.56 Å². The summed E-state index contributed by atoms with van der Waals surface area (Å²) in [4.78, 5) is 21.2. The van der Waals surface area contributed by atoms with Gasteiger partial charge in [-0.2, -0.15) is 5.12 Å². The normalized spacial score (nSPS) is 9.00. The van der Waals surface area contributed by atoms with Gasteiger partial charge in [-0.15, -0.1) is 4.91 Å². The second-order valence-electron chi connectivity index (χ2n) is 2.41. The Hall–Kier alpha value is -1.91. The summed E-state index contributed by atoms with van der Waals surface area (Å²) >= 11 is 0. The van der Waals surface area contributed by atoms with E-state index in [0.717, 1.165) is 5.12 Å². The predicted octanol–water partition coefficient (Wildman–Crippen LogP) is 0.945. The van der Waals surface area contributed by atoms with Crippen molar-refractivity contribution in [1.29, 1.82) is 0 Å². The minimum absolute atomic E-state index is 0.359. The summed E-state index contributed by atoms with van der Waals surface area (Å²) in [6.07, 6.45) is 0. The number of nitrogens with zero attached hydrogens (tertiary/aromatic N) is 2. The molecule has 13 heavy (non-hydrogen) atoms. The van der Waals surface area contributed by atoms with Gasteiger partial charge in [0.25, 0.3) is 5.91 Å². The topological polar surface area (TPSA) is 61.8 Å². The molecule has 1 N–H and O–H groups in total. The second-order valence-corrected chi connectivity index (χ2v) is 2.41. The van der Waals surface area contributed by atoms with Crippen molar-refractivity contribution in [1.82, 2.24) is 10.5 Å². The predicted molar refractivity (Wildman–Crippen MR) is 47.5 cm³/mol. The average molecular weight is 179 g/mol. The number of nitroso groups, excluding NO2 is 1. The van der Waals surface area contributed by atoms with Crippen LogP contribution in [0.25, 0.3) is 0 Å². The molecular weight excluding hydrogens is 170 g/mol. The highest BCUT2D eigenvalue weighted by Crippen LogP contribution is 1.97. The molecule has 1 aromatic rings. The van der Waals surface area contributed by atoms with Gasteiger partial charge in [0.1, 0.15) is 0 Å². The van der Waals surface area contributed by atoms with Crippen LogP contribution in [0.1, 0.15) is 10.4 Å². The summed E-state index contributed by atoms with van der Waals surface area (Å²) in [6.45, 7) is 0. The van der Waals surface area contributed by atoms with Crippen molar-refractivity contribution in [2.45, 2.75) is 0 Å². The highest BCUT2D eigenvalue weighted by Gasteiger charge is 2.05. The van der Waals surface area contributed by atoms with Crippen molar-refractivity contribution < 1.29 is 4.79 Å². The zero-order valence-electron chi connectivity index (χ0n) is 7.10. The molecule has 0 aliphatic rings. The number of rotatable bonds is 3. The molecule has 0 fully saturated rings. The van der Waals surface area contributed by atoms with Crippen molar-refractivity contribution in [3.8, 4) is 0 Å². The Kier molecular flexibility index (Phi) is 2.97. The highest BCUT2D eigenvalue weighted by atomic mass is 16.3. The lowest BCUT2D eigenvalue weighted by Gasteiger charge is -2.09. The molecule has 0 unspecified atom stereocenters. The number of hydrazine groups is 1. The lowest BCUT2D eigenvalue weighted by atomic mass is 10.2. The fourth-order valence-corrected chi connectivity index (χ4v) is 0.821. The van der Waals surface area contributed by atoms with Crippen LogP contribution in [0.5, 0.6) is 0 Å². The van der Waals surface area contributed by atoms with Crippen LogP contribution in [0, 0.1) is 4.91 Å². The molecule has 0 aliphatic heterocycles. The van der Waals surface area contributed by atoms with E-state index in [1.165, 1.54) is 7.05 Å². The summed E-state index contributed by atoms with van der Waals surface area (Å²) in [5.74, 6) is -0.359. The molecule has 1 rings (SSSR count). The van der Waals surface area contributed by atoms with Gasteiger partial charge in [-0.1, -0.05) is 18.2 Å². The van der Waals surface area contributed by atoms with Crippen molar-refractivity contribution >= 4 is 5.91 Å². The molecular formula is C8H9N3O2. The van der Waals surface area contributed by atoms with E-state index in [-0.39, 0.29) is 5.91 Å². The van der Waals surface area contributed by atoms with Crippen LogP contribution in [0.15, 0.2) is 35.6 Å². The first-order valence-corrected chi connectivity index (χ1v) is 3.67. The standard InChI is InChI=1S/C8H9N3O2/c1-11(10-13)9-8(12)7-5-3-2-4-6-7/h2-6H,1H3,(H,9,12). The molecule has 5 nitrogen and oxygen atoms in total. The van der Waals surface area contributed by atoms with Crippen molar-refractivity contribution in [2.75, 3.05) is 7.05 Å². The summed E-state index contributed by atoms with van der Waals surface area (Å²) in [5, 5.41) is 3.32. The van der Waals surface area contributed by atoms with E-state index in [1.807, 2.05) is 0 Å². The second kappa shape index (κ2) is 4.20. The van der Waals surface area contributed by atoms with Crippen LogP contribution in [0.4, 0.5) is 0 Å². The third kappa shape index (κ3) is 2.55. The van der Waals surface area contributed by atoms with Gasteiger partial charge >= 0.3 is 0 Å². The van der Waals surface area contributed by atoms with Gasteiger partial charge in [-0.25, -0.2) is 5.43 Å². The van der Waals surface area contributed by atoms with E-state index in [1.54, 1.807) is 30.3 Å². The maximum absolute atomic E-state index is 11.3. The number of carbonyl (C=O) groups is 1. The minimum atomic E-state index is -0.359. The SMILES string of the molecule is CN(N=O)NC(=O)c1ccccc1. The molecule has 0 atom stereocenters. The van der Waals surface area contributed by atoms with Gasteiger partial charge < -0.3 is 0 Å². The Labute approximate surface area is 75.3 Å². The zero-order chi connectivity index (χ0) is 9.68. The number of amides is 1. The molecule has 0 saturated heterocycles. The number of hydrogen-bond acceptors (Lipinski definition) is 3. The number of carbonyl (C=O) groups excluding carboxylic acids is 1. The van der Waals surface area contributed by atoms with E-state index in [4.69, 9.17) is 0 Å². The quantitative estimate of drug-likeness (QED) is 0.555. The summed E-state index contributed by atoms with van der Waals surface area (Å²) in [5.41, 5.74) is 2.75. The monoisotopic (exact) mass is 179 g/mol. The van der Waals surface area contributed by atoms with Crippen LogP contribution in [0.2, 0.25) is 0 Å². The average Bonchev–Trinajstić information content (AvgIpc) is 2.19. The molecule has 68 valence electrons. The number of nitrogens with one attached hydrogen (secondary N) is 1. The Balaban J connectivity index is 2.64. The van der Waals surface area contributed by atoms with Crippen molar-refractivity contribution in [3.05, 3.63) is 40.8 Å². The zero-order valence-corrected chi connectivity index (χ0v) is 7.10. The Morgan fingerprint density at radius 1 is 1.38 bits per heavy atom. The molecule has 1 amide bonds. The minimum Gasteiger partial charge on any atom is -0.267 e. The van der Waals surface area contributed by atoms with Gasteiger partial charge in [-0.05, 0) is 12.1 Å². The van der Waals surface area contributed by atoms with E-state index in [2.05, 4.69) is 10.7 Å². The Morgan fingerprint density at radius 2 is 2.00 bits per heavy atom. The van der Waals surface area contributed by atoms with Crippen molar-refractivity contribution in [2.24, 2.45) is 5.29 Å². The molecule has 0 heterocycles. The first-order chi connectivity index (χ1) is 6.24. The Bertz CT molecular complexity index is 300.